The van der Waals surface area contributed by atoms with Crippen molar-refractivity contribution in [3.05, 3.63) is 70.8 Å². The van der Waals surface area contributed by atoms with E-state index in [0.717, 1.165) is 11.6 Å². The molecule has 0 bridgehead atoms. The minimum Gasteiger partial charge on any atom is -0.367 e. The highest BCUT2D eigenvalue weighted by molar-refractivity contribution is 14.0. The van der Waals surface area contributed by atoms with Gasteiger partial charge in [-0.1, -0.05) is 24.3 Å². The molecular formula is C20H23F5IN3O. The molecule has 2 N–H and O–H groups in total. The molecule has 0 atom stereocenters. The lowest BCUT2D eigenvalue weighted by atomic mass is 10.1. The van der Waals surface area contributed by atoms with Gasteiger partial charge in [-0.2, -0.15) is 13.2 Å². The summed E-state index contributed by atoms with van der Waals surface area (Å²) in [5.74, 6) is -0.719. The normalized spacial score (nSPS) is 11.7. The third kappa shape index (κ3) is 10.2. The first-order valence-corrected chi connectivity index (χ1v) is 8.87. The lowest BCUT2D eigenvalue weighted by molar-refractivity contribution is -0.176. The molecule has 0 aromatic heterocycles. The van der Waals surface area contributed by atoms with Crippen LogP contribution in [-0.2, 0) is 24.3 Å². The Morgan fingerprint density at radius 2 is 1.53 bits per heavy atom. The van der Waals surface area contributed by atoms with Crippen LogP contribution in [0.4, 0.5) is 22.0 Å². The third-order valence-corrected chi connectivity index (χ3v) is 3.87. The van der Waals surface area contributed by atoms with Crippen LogP contribution < -0.4 is 10.6 Å². The smallest absolute Gasteiger partial charge is 0.367 e. The van der Waals surface area contributed by atoms with Crippen molar-refractivity contribution in [3.8, 4) is 0 Å². The topological polar surface area (TPSA) is 45.7 Å². The van der Waals surface area contributed by atoms with Crippen molar-refractivity contribution in [3.63, 3.8) is 0 Å². The Balaban J connectivity index is 0.00000450. The van der Waals surface area contributed by atoms with Gasteiger partial charge in [-0.3, -0.25) is 4.99 Å². The molecule has 2 aromatic carbocycles. The van der Waals surface area contributed by atoms with Crippen LogP contribution in [0.3, 0.4) is 0 Å². The molecule has 10 heteroatoms. The summed E-state index contributed by atoms with van der Waals surface area (Å²) in [7, 11) is 1.60. The lowest BCUT2D eigenvalue weighted by Gasteiger charge is -2.12. The van der Waals surface area contributed by atoms with Crippen LogP contribution in [0.1, 0.15) is 16.7 Å². The summed E-state index contributed by atoms with van der Waals surface area (Å²) in [5, 5.41) is 6.14. The Labute approximate surface area is 188 Å². The van der Waals surface area contributed by atoms with Gasteiger partial charge in [0.15, 0.2) is 5.96 Å². The van der Waals surface area contributed by atoms with Crippen LogP contribution in [0.25, 0.3) is 0 Å². The van der Waals surface area contributed by atoms with Crippen molar-refractivity contribution in [1.29, 1.82) is 0 Å². The van der Waals surface area contributed by atoms with Crippen LogP contribution in [0.2, 0.25) is 0 Å². The van der Waals surface area contributed by atoms with Crippen LogP contribution in [0.15, 0.2) is 47.5 Å². The van der Waals surface area contributed by atoms with Gasteiger partial charge in [-0.15, -0.1) is 24.0 Å². The van der Waals surface area contributed by atoms with Gasteiger partial charge in [-0.05, 0) is 35.2 Å². The summed E-state index contributed by atoms with van der Waals surface area (Å²) in [6.45, 7) is -0.520. The zero-order valence-corrected chi connectivity index (χ0v) is 18.6. The van der Waals surface area contributed by atoms with E-state index in [-0.39, 0.29) is 30.6 Å². The van der Waals surface area contributed by atoms with E-state index in [4.69, 9.17) is 0 Å². The van der Waals surface area contributed by atoms with E-state index < -0.39 is 24.4 Å². The Hall–Kier alpha value is -1.95. The summed E-state index contributed by atoms with van der Waals surface area (Å²) >= 11 is 0. The van der Waals surface area contributed by atoms with Crippen LogP contribution in [0, 0.1) is 11.6 Å². The number of rotatable bonds is 8. The number of alkyl halides is 3. The second-order valence-corrected chi connectivity index (χ2v) is 6.30. The van der Waals surface area contributed by atoms with E-state index in [1.165, 1.54) is 12.1 Å². The molecule has 0 aliphatic rings. The summed E-state index contributed by atoms with van der Waals surface area (Å²) in [6.07, 6.45) is -3.92. The second-order valence-electron chi connectivity index (χ2n) is 6.30. The lowest BCUT2D eigenvalue weighted by Crippen LogP contribution is -2.37. The fraction of sp³-hybridized carbons (Fsp3) is 0.350. The Morgan fingerprint density at radius 3 is 2.10 bits per heavy atom. The van der Waals surface area contributed by atoms with E-state index in [9.17, 15) is 22.0 Å². The SMILES string of the molecule is CN=C(NCCc1cc(F)cc(F)c1)NCc1ccc(COCC(F)(F)F)cc1.I. The van der Waals surface area contributed by atoms with Crippen molar-refractivity contribution in [2.24, 2.45) is 4.99 Å². The maximum absolute atomic E-state index is 13.2. The molecule has 0 aliphatic heterocycles. The summed E-state index contributed by atoms with van der Waals surface area (Å²) in [6, 6.07) is 10.3. The quantitative estimate of drug-likeness (QED) is 0.222. The summed E-state index contributed by atoms with van der Waals surface area (Å²) < 4.78 is 67.2. The van der Waals surface area contributed by atoms with Crippen molar-refractivity contribution in [2.75, 3.05) is 20.2 Å². The third-order valence-electron chi connectivity index (χ3n) is 3.87. The predicted octanol–water partition coefficient (Wildman–Crippen LogP) is 4.57. The predicted molar refractivity (Wildman–Crippen MR) is 116 cm³/mol. The van der Waals surface area contributed by atoms with Crippen molar-refractivity contribution >= 4 is 29.9 Å². The van der Waals surface area contributed by atoms with Crippen LogP contribution in [0.5, 0.6) is 0 Å². The number of nitrogens with zero attached hydrogens (tertiary/aromatic N) is 1. The fourth-order valence-electron chi connectivity index (χ4n) is 2.52. The number of halogens is 6. The standard InChI is InChI=1S/C20H22F5N3O.HI/c1-26-19(27-7-6-16-8-17(21)10-18(22)9-16)28-11-14-2-4-15(5-3-14)12-29-13-20(23,24)25;/h2-5,8-10H,6-7,11-13H2,1H3,(H2,26,27,28);1H. The molecular weight excluding hydrogens is 520 g/mol. The van der Waals surface area contributed by atoms with Crippen molar-refractivity contribution in [2.45, 2.75) is 25.7 Å². The summed E-state index contributed by atoms with van der Waals surface area (Å²) in [5.41, 5.74) is 2.08. The molecule has 0 amide bonds. The average Bonchev–Trinajstić information content (AvgIpc) is 2.64. The van der Waals surface area contributed by atoms with E-state index in [2.05, 4.69) is 20.4 Å². The van der Waals surface area contributed by atoms with Crippen LogP contribution in [-0.4, -0.2) is 32.3 Å². The molecule has 30 heavy (non-hydrogen) atoms. The minimum absolute atomic E-state index is 0. The number of nitrogens with one attached hydrogen (secondary N) is 2. The first-order chi connectivity index (χ1) is 13.7. The van der Waals surface area contributed by atoms with Gasteiger partial charge >= 0.3 is 6.18 Å². The number of hydrogen-bond donors (Lipinski definition) is 2. The van der Waals surface area contributed by atoms with Gasteiger partial charge in [0, 0.05) is 26.2 Å². The van der Waals surface area contributed by atoms with E-state index in [0.29, 0.717) is 36.6 Å². The fourth-order valence-corrected chi connectivity index (χ4v) is 2.52. The number of benzene rings is 2. The largest absolute Gasteiger partial charge is 0.411 e. The molecule has 0 spiro atoms. The van der Waals surface area contributed by atoms with Gasteiger partial charge < -0.3 is 15.4 Å². The molecule has 0 saturated heterocycles. The van der Waals surface area contributed by atoms with Gasteiger partial charge in [0.2, 0.25) is 0 Å². The van der Waals surface area contributed by atoms with Gasteiger partial charge in [-0.25, -0.2) is 8.78 Å². The molecule has 166 valence electrons. The zero-order chi connectivity index (χ0) is 21.3. The molecule has 4 nitrogen and oxygen atoms in total. The maximum Gasteiger partial charge on any atom is 0.411 e. The van der Waals surface area contributed by atoms with Crippen LogP contribution >= 0.6 is 24.0 Å². The number of aliphatic imine (C=N–C) groups is 1. The monoisotopic (exact) mass is 543 g/mol. The highest BCUT2D eigenvalue weighted by Crippen LogP contribution is 2.16. The number of ether oxygens (including phenoxy) is 1. The van der Waals surface area contributed by atoms with Gasteiger partial charge in [0.05, 0.1) is 6.61 Å². The second kappa shape index (κ2) is 12.7. The van der Waals surface area contributed by atoms with E-state index >= 15 is 0 Å². The Morgan fingerprint density at radius 1 is 0.933 bits per heavy atom. The molecule has 0 unspecified atom stereocenters. The first kappa shape index (κ1) is 26.1. The number of guanidine groups is 1. The van der Waals surface area contributed by atoms with Crippen molar-refractivity contribution in [1.82, 2.24) is 10.6 Å². The number of hydrogen-bond acceptors (Lipinski definition) is 2. The van der Waals surface area contributed by atoms with Gasteiger partial charge in [0.1, 0.15) is 18.2 Å². The highest BCUT2D eigenvalue weighted by Gasteiger charge is 2.27. The first-order valence-electron chi connectivity index (χ1n) is 8.87. The molecule has 0 radical (unpaired) electrons. The zero-order valence-electron chi connectivity index (χ0n) is 16.2. The molecule has 0 fully saturated rings. The average molecular weight is 543 g/mol. The Bertz CT molecular complexity index is 793. The highest BCUT2D eigenvalue weighted by atomic mass is 127. The molecule has 2 aromatic rings. The molecule has 0 heterocycles. The molecule has 0 saturated carbocycles. The molecule has 0 aliphatic carbocycles. The Kier molecular flexibility index (Phi) is 11.0. The maximum atomic E-state index is 13.2. The molecule has 2 rings (SSSR count). The minimum atomic E-state index is -4.34. The van der Waals surface area contributed by atoms with E-state index in [1.807, 2.05) is 0 Å². The van der Waals surface area contributed by atoms with E-state index in [1.54, 1.807) is 31.3 Å². The van der Waals surface area contributed by atoms with Crippen molar-refractivity contribution < 1.29 is 26.7 Å². The summed E-state index contributed by atoms with van der Waals surface area (Å²) in [4.78, 5) is 4.07. The van der Waals surface area contributed by atoms with Gasteiger partial charge in [0.25, 0.3) is 0 Å².